The molecule has 1 fully saturated rings. The largest absolute Gasteiger partial charge is 0.348 e. The van der Waals surface area contributed by atoms with Crippen LogP contribution < -0.4 is 10.6 Å². The third-order valence-electron chi connectivity index (χ3n) is 6.42. The summed E-state index contributed by atoms with van der Waals surface area (Å²) in [6.07, 6.45) is 3.99. The van der Waals surface area contributed by atoms with Gasteiger partial charge >= 0.3 is 0 Å². The molecule has 1 aliphatic heterocycles. The molecule has 1 aliphatic rings. The van der Waals surface area contributed by atoms with E-state index in [1.165, 1.54) is 11.8 Å². The number of hydrogen-bond donors (Lipinski definition) is 3. The highest BCUT2D eigenvalue weighted by molar-refractivity contribution is 6.40. The Labute approximate surface area is 225 Å². The van der Waals surface area contributed by atoms with E-state index >= 15 is 0 Å². The Balaban J connectivity index is 1.30. The van der Waals surface area contributed by atoms with Crippen molar-refractivity contribution in [3.05, 3.63) is 81.1 Å². The lowest BCUT2D eigenvalue weighted by Gasteiger charge is -2.32. The summed E-state index contributed by atoms with van der Waals surface area (Å²) in [5, 5.41) is 12.7. The Kier molecular flexibility index (Phi) is 8.97. The maximum absolute atomic E-state index is 12.9. The second-order valence-corrected chi connectivity index (χ2v) is 9.94. The summed E-state index contributed by atoms with van der Waals surface area (Å²) < 4.78 is 0. The Morgan fingerprint density at radius 3 is 2.41 bits per heavy atom. The van der Waals surface area contributed by atoms with Gasteiger partial charge in [0.25, 0.3) is 11.8 Å². The summed E-state index contributed by atoms with van der Waals surface area (Å²) in [6, 6.07) is 13.0. The molecule has 0 unspecified atom stereocenters. The smallest absolute Gasteiger partial charge is 0.271 e. The number of piperidine rings is 1. The number of anilines is 1. The molecule has 8 nitrogen and oxygen atoms in total. The number of amides is 2. The van der Waals surface area contributed by atoms with Crippen LogP contribution >= 0.6 is 23.2 Å². The SMILES string of the molecule is CCC(=O)Cc1cccc(CN2CCC(NC(=O)c3[nH]ncc3NC(=O)c3c(Cl)cccc3Cl)CC2)c1. The monoisotopic (exact) mass is 541 g/mol. The van der Waals surface area contributed by atoms with Crippen LogP contribution in [0.25, 0.3) is 0 Å². The summed E-state index contributed by atoms with van der Waals surface area (Å²) in [4.78, 5) is 39.8. The first kappa shape index (κ1) is 26.9. The van der Waals surface area contributed by atoms with Crippen molar-refractivity contribution in [3.8, 4) is 0 Å². The zero-order valence-corrected chi connectivity index (χ0v) is 22.0. The molecule has 0 bridgehead atoms. The standard InChI is InChI=1S/C27H29Cl2N5O3/c1-2-20(35)14-17-5-3-6-18(13-17)16-34-11-9-19(10-12-34)31-27(37)25-23(15-30-33-25)32-26(36)24-21(28)7-4-8-22(24)29/h3-8,13,15,19H,2,9-12,14,16H2,1H3,(H,30,33)(H,31,37)(H,32,36). The van der Waals surface area contributed by atoms with E-state index in [4.69, 9.17) is 23.2 Å². The number of nitrogens with zero attached hydrogens (tertiary/aromatic N) is 2. The highest BCUT2D eigenvalue weighted by atomic mass is 35.5. The minimum Gasteiger partial charge on any atom is -0.348 e. The summed E-state index contributed by atoms with van der Waals surface area (Å²) >= 11 is 12.3. The molecule has 10 heteroatoms. The Morgan fingerprint density at radius 1 is 1.03 bits per heavy atom. The van der Waals surface area contributed by atoms with Gasteiger partial charge in [-0.3, -0.25) is 24.4 Å². The fraction of sp³-hybridized carbons (Fsp3) is 0.333. The number of benzene rings is 2. The Hall–Kier alpha value is -3.20. The maximum Gasteiger partial charge on any atom is 0.271 e. The number of halogens is 2. The van der Waals surface area contributed by atoms with Crippen molar-refractivity contribution in [2.75, 3.05) is 18.4 Å². The van der Waals surface area contributed by atoms with Crippen molar-refractivity contribution >= 4 is 46.5 Å². The predicted octanol–water partition coefficient (Wildman–Crippen LogP) is 4.88. The minimum atomic E-state index is -0.525. The molecule has 1 aromatic heterocycles. The molecule has 0 spiro atoms. The third-order valence-corrected chi connectivity index (χ3v) is 7.05. The summed E-state index contributed by atoms with van der Waals surface area (Å²) in [5.74, 6) is -0.631. The van der Waals surface area contributed by atoms with Crippen LogP contribution in [-0.4, -0.2) is 51.8 Å². The van der Waals surface area contributed by atoms with Crippen molar-refractivity contribution in [2.45, 2.75) is 45.2 Å². The van der Waals surface area contributed by atoms with Gasteiger partial charge in [-0.1, -0.05) is 60.5 Å². The number of ketones is 1. The van der Waals surface area contributed by atoms with Crippen LogP contribution in [0.4, 0.5) is 5.69 Å². The Bertz CT molecular complexity index is 1260. The predicted molar refractivity (Wildman–Crippen MR) is 144 cm³/mol. The molecular weight excluding hydrogens is 513 g/mol. The van der Waals surface area contributed by atoms with Gasteiger partial charge in [-0.15, -0.1) is 0 Å². The zero-order chi connectivity index (χ0) is 26.4. The highest BCUT2D eigenvalue weighted by Crippen LogP contribution is 2.26. The molecule has 3 aromatic rings. The second kappa shape index (κ2) is 12.4. The molecule has 37 heavy (non-hydrogen) atoms. The second-order valence-electron chi connectivity index (χ2n) is 9.12. The van der Waals surface area contributed by atoms with Crippen molar-refractivity contribution in [3.63, 3.8) is 0 Å². The number of nitrogens with one attached hydrogen (secondary N) is 3. The van der Waals surface area contributed by atoms with Gasteiger partial charge in [-0.25, -0.2) is 0 Å². The van der Waals surface area contributed by atoms with E-state index in [-0.39, 0.29) is 44.7 Å². The quantitative estimate of drug-likeness (QED) is 0.357. The van der Waals surface area contributed by atoms with Crippen molar-refractivity contribution in [1.82, 2.24) is 20.4 Å². The number of aromatic nitrogens is 2. The number of carbonyl (C=O) groups excluding carboxylic acids is 3. The van der Waals surface area contributed by atoms with Gasteiger partial charge in [0.1, 0.15) is 11.5 Å². The van der Waals surface area contributed by atoms with Gasteiger partial charge in [0, 0.05) is 38.5 Å². The molecule has 194 valence electrons. The molecule has 0 atom stereocenters. The first-order valence-electron chi connectivity index (χ1n) is 12.3. The molecule has 3 N–H and O–H groups in total. The number of hydrogen-bond acceptors (Lipinski definition) is 5. The molecular formula is C27H29Cl2N5O3. The minimum absolute atomic E-state index is 0.00197. The maximum atomic E-state index is 12.9. The highest BCUT2D eigenvalue weighted by Gasteiger charge is 2.24. The zero-order valence-electron chi connectivity index (χ0n) is 20.5. The van der Waals surface area contributed by atoms with Crippen molar-refractivity contribution < 1.29 is 14.4 Å². The van der Waals surface area contributed by atoms with E-state index in [1.54, 1.807) is 18.2 Å². The average Bonchev–Trinajstić information content (AvgIpc) is 3.33. The first-order valence-corrected chi connectivity index (χ1v) is 13.0. The van der Waals surface area contributed by atoms with Crippen LogP contribution in [0.1, 0.15) is 58.2 Å². The average molecular weight is 542 g/mol. The normalized spacial score (nSPS) is 14.4. The molecule has 2 aromatic carbocycles. The molecule has 0 radical (unpaired) electrons. The number of Topliss-reactive ketones (excluding diaryl/α,β-unsaturated/α-hetero) is 1. The lowest BCUT2D eigenvalue weighted by atomic mass is 10.0. The van der Waals surface area contributed by atoms with E-state index < -0.39 is 5.91 Å². The van der Waals surface area contributed by atoms with E-state index in [2.05, 4.69) is 37.9 Å². The lowest BCUT2D eigenvalue weighted by molar-refractivity contribution is -0.118. The van der Waals surface area contributed by atoms with Gasteiger partial charge in [0.15, 0.2) is 0 Å². The van der Waals surface area contributed by atoms with Gasteiger partial charge in [0.05, 0.1) is 27.5 Å². The number of aromatic amines is 1. The van der Waals surface area contributed by atoms with E-state index in [0.717, 1.165) is 38.0 Å². The van der Waals surface area contributed by atoms with E-state index in [1.807, 2.05) is 19.1 Å². The van der Waals surface area contributed by atoms with E-state index in [0.29, 0.717) is 12.8 Å². The number of H-pyrrole nitrogens is 1. The first-order chi connectivity index (χ1) is 17.8. The van der Waals surface area contributed by atoms with Crippen LogP contribution in [-0.2, 0) is 17.8 Å². The Morgan fingerprint density at radius 2 is 1.70 bits per heavy atom. The molecule has 2 heterocycles. The fourth-order valence-corrected chi connectivity index (χ4v) is 4.96. The third kappa shape index (κ3) is 6.97. The molecule has 2 amide bonds. The van der Waals surface area contributed by atoms with Crippen LogP contribution in [0.3, 0.4) is 0 Å². The van der Waals surface area contributed by atoms with Crippen LogP contribution in [0, 0.1) is 0 Å². The fourth-order valence-electron chi connectivity index (χ4n) is 4.40. The lowest BCUT2D eigenvalue weighted by Crippen LogP contribution is -2.44. The number of carbonyl (C=O) groups is 3. The molecule has 1 saturated heterocycles. The van der Waals surface area contributed by atoms with Crippen LogP contribution in [0.2, 0.25) is 10.0 Å². The summed E-state index contributed by atoms with van der Waals surface area (Å²) in [5.41, 5.74) is 2.77. The number of likely N-dealkylation sites (tertiary alicyclic amines) is 1. The van der Waals surface area contributed by atoms with Gasteiger partial charge < -0.3 is 10.6 Å². The van der Waals surface area contributed by atoms with Gasteiger partial charge in [-0.2, -0.15) is 5.10 Å². The molecule has 4 rings (SSSR count). The topological polar surface area (TPSA) is 107 Å². The molecule has 0 saturated carbocycles. The van der Waals surface area contributed by atoms with Crippen molar-refractivity contribution in [2.24, 2.45) is 0 Å². The summed E-state index contributed by atoms with van der Waals surface area (Å²) in [7, 11) is 0. The summed E-state index contributed by atoms with van der Waals surface area (Å²) in [6.45, 7) is 4.35. The van der Waals surface area contributed by atoms with E-state index in [9.17, 15) is 14.4 Å². The molecule has 0 aliphatic carbocycles. The van der Waals surface area contributed by atoms with Gasteiger partial charge in [0.2, 0.25) is 0 Å². The number of rotatable bonds is 9. The van der Waals surface area contributed by atoms with Crippen LogP contribution in [0.5, 0.6) is 0 Å². The van der Waals surface area contributed by atoms with Gasteiger partial charge in [-0.05, 0) is 36.1 Å². The van der Waals surface area contributed by atoms with Crippen molar-refractivity contribution in [1.29, 1.82) is 0 Å². The van der Waals surface area contributed by atoms with Crippen LogP contribution in [0.15, 0.2) is 48.7 Å².